The molecule has 0 spiro atoms. The Labute approximate surface area is 211 Å². The lowest BCUT2D eigenvalue weighted by atomic mass is 10.0. The van der Waals surface area contributed by atoms with E-state index in [0.717, 1.165) is 50.3 Å². The summed E-state index contributed by atoms with van der Waals surface area (Å²) in [4.78, 5) is 10.00. The van der Waals surface area contributed by atoms with E-state index in [2.05, 4.69) is 43.4 Å². The molecule has 2 rings (SSSR count). The van der Waals surface area contributed by atoms with Crippen LogP contribution < -0.4 is 5.32 Å². The number of unbranched alkanes of at least 4 members (excludes halogenated alkanes) is 13. The first-order valence-corrected chi connectivity index (χ1v) is 14.7. The molecule has 1 aromatic rings. The van der Waals surface area contributed by atoms with Crippen molar-refractivity contribution in [1.29, 1.82) is 0 Å². The van der Waals surface area contributed by atoms with Gasteiger partial charge < -0.3 is 5.32 Å². The average Bonchev–Trinajstić information content (AvgIpc) is 2.86. The maximum Gasteiger partial charge on any atom is 0.0847 e. The van der Waals surface area contributed by atoms with Gasteiger partial charge in [-0.05, 0) is 69.8 Å². The Morgan fingerprint density at radius 1 is 0.735 bits per heavy atom. The van der Waals surface area contributed by atoms with E-state index in [9.17, 15) is 0 Å². The zero-order valence-corrected chi connectivity index (χ0v) is 22.6. The van der Waals surface area contributed by atoms with Gasteiger partial charge in [-0.15, -0.1) is 0 Å². The fourth-order valence-corrected chi connectivity index (χ4v) is 4.78. The van der Waals surface area contributed by atoms with Crippen LogP contribution in [0.1, 0.15) is 141 Å². The highest BCUT2D eigenvalue weighted by atomic mass is 14.9. The Morgan fingerprint density at radius 2 is 1.32 bits per heavy atom. The maximum atomic E-state index is 5.00. The van der Waals surface area contributed by atoms with Crippen molar-refractivity contribution in [3.05, 3.63) is 35.7 Å². The standard InChI is InChI=1S/C31H53N3/c1-3-4-5-6-7-8-9-10-11-12-13-14-15-16-22-30-31-24-19-23-29(34-31)28(2)21-17-18-25-32-26-20-27-33-30/h19,21,23-24,32H,3-18,20,22,25-27H2,1-2H3/b28-21-,33-30?. The van der Waals surface area contributed by atoms with Crippen LogP contribution in [0.2, 0.25) is 0 Å². The number of aromatic nitrogens is 1. The fraction of sp³-hybridized carbons (Fsp3) is 0.742. The van der Waals surface area contributed by atoms with E-state index in [0.29, 0.717) is 0 Å². The third-order valence-corrected chi connectivity index (χ3v) is 7.04. The minimum atomic E-state index is 0.904. The van der Waals surface area contributed by atoms with E-state index in [4.69, 9.17) is 9.98 Å². The molecule has 1 aliphatic heterocycles. The molecule has 2 bridgehead atoms. The molecule has 3 nitrogen and oxygen atoms in total. The first-order valence-electron chi connectivity index (χ1n) is 14.7. The normalized spacial score (nSPS) is 17.0. The number of rotatable bonds is 15. The molecule has 1 aliphatic rings. The lowest BCUT2D eigenvalue weighted by Crippen LogP contribution is -2.17. The topological polar surface area (TPSA) is 37.3 Å². The van der Waals surface area contributed by atoms with Gasteiger partial charge in [-0.25, -0.2) is 4.98 Å². The van der Waals surface area contributed by atoms with Crippen LogP contribution in [0, 0.1) is 0 Å². The van der Waals surface area contributed by atoms with Crippen LogP contribution in [-0.2, 0) is 0 Å². The minimum absolute atomic E-state index is 0.904. The summed E-state index contributed by atoms with van der Waals surface area (Å²) in [5.74, 6) is 0. The Balaban J connectivity index is 1.66. The molecule has 0 radical (unpaired) electrons. The molecule has 0 unspecified atom stereocenters. The zero-order valence-electron chi connectivity index (χ0n) is 22.6. The molecule has 3 heteroatoms. The summed E-state index contributed by atoms with van der Waals surface area (Å²) in [5.41, 5.74) is 4.70. The molecule has 0 fully saturated rings. The summed E-state index contributed by atoms with van der Waals surface area (Å²) in [6.07, 6.45) is 26.4. The highest BCUT2D eigenvalue weighted by Crippen LogP contribution is 2.17. The second-order valence-electron chi connectivity index (χ2n) is 10.2. The second kappa shape index (κ2) is 19.8. The highest BCUT2D eigenvalue weighted by molar-refractivity contribution is 5.99. The quantitative estimate of drug-likeness (QED) is 0.261. The van der Waals surface area contributed by atoms with Crippen LogP contribution in [0.3, 0.4) is 0 Å². The van der Waals surface area contributed by atoms with Gasteiger partial charge in [0.2, 0.25) is 0 Å². The van der Waals surface area contributed by atoms with Crippen LogP contribution in [0.5, 0.6) is 0 Å². The highest BCUT2D eigenvalue weighted by Gasteiger charge is 2.08. The van der Waals surface area contributed by atoms with Crippen LogP contribution in [0.15, 0.2) is 29.3 Å². The van der Waals surface area contributed by atoms with Crippen molar-refractivity contribution in [1.82, 2.24) is 10.3 Å². The molecule has 0 aliphatic carbocycles. The molecule has 2 heterocycles. The van der Waals surface area contributed by atoms with Crippen LogP contribution in [-0.4, -0.2) is 30.3 Å². The van der Waals surface area contributed by atoms with E-state index in [-0.39, 0.29) is 0 Å². The summed E-state index contributed by atoms with van der Waals surface area (Å²) in [7, 11) is 0. The van der Waals surface area contributed by atoms with E-state index >= 15 is 0 Å². The van der Waals surface area contributed by atoms with Crippen molar-refractivity contribution in [2.75, 3.05) is 19.6 Å². The molecule has 0 atom stereocenters. The van der Waals surface area contributed by atoms with Crippen LogP contribution in [0.4, 0.5) is 0 Å². The van der Waals surface area contributed by atoms with Gasteiger partial charge in [-0.1, -0.05) is 103 Å². The summed E-state index contributed by atoms with van der Waals surface area (Å²) in [6, 6.07) is 6.45. The fourth-order valence-electron chi connectivity index (χ4n) is 4.78. The van der Waals surface area contributed by atoms with E-state index in [1.165, 1.54) is 108 Å². The van der Waals surface area contributed by atoms with Gasteiger partial charge in [0.15, 0.2) is 0 Å². The van der Waals surface area contributed by atoms with Crippen molar-refractivity contribution in [3.63, 3.8) is 0 Å². The van der Waals surface area contributed by atoms with Gasteiger partial charge in [-0.2, -0.15) is 0 Å². The van der Waals surface area contributed by atoms with Gasteiger partial charge in [0.25, 0.3) is 0 Å². The molecule has 1 N–H and O–H groups in total. The number of nitrogens with zero attached hydrogens (tertiary/aromatic N) is 2. The van der Waals surface area contributed by atoms with Gasteiger partial charge in [-0.3, -0.25) is 4.99 Å². The second-order valence-corrected chi connectivity index (χ2v) is 10.2. The molecule has 1 aromatic heterocycles. The number of nitrogens with one attached hydrogen (secondary N) is 1. The third-order valence-electron chi connectivity index (χ3n) is 7.04. The third kappa shape index (κ3) is 13.4. The first kappa shape index (κ1) is 28.8. The Bertz CT molecular complexity index is 692. The molecule has 0 aromatic carbocycles. The summed E-state index contributed by atoms with van der Waals surface area (Å²) in [6.45, 7) is 7.54. The molecule has 0 amide bonds. The SMILES string of the molecule is CCCCCCCCCCCCCCCCC1=NCCCNCCC/C=C(/C)c2cccc1n2. The van der Waals surface area contributed by atoms with E-state index in [1.54, 1.807) is 0 Å². The van der Waals surface area contributed by atoms with Crippen molar-refractivity contribution in [2.24, 2.45) is 4.99 Å². The Hall–Kier alpha value is -1.48. The number of hydrogen-bond donors (Lipinski definition) is 1. The summed E-state index contributed by atoms with van der Waals surface area (Å²) in [5, 5.41) is 3.56. The molecule has 192 valence electrons. The van der Waals surface area contributed by atoms with E-state index in [1.807, 2.05) is 0 Å². The predicted octanol–water partition coefficient (Wildman–Crippen LogP) is 8.92. The Morgan fingerprint density at radius 3 is 2.00 bits per heavy atom. The Kier molecular flexibility index (Phi) is 16.7. The first-order chi connectivity index (χ1) is 16.8. The van der Waals surface area contributed by atoms with Gasteiger partial charge in [0.05, 0.1) is 17.1 Å². The molecule has 0 saturated heterocycles. The van der Waals surface area contributed by atoms with Gasteiger partial charge in [0, 0.05) is 6.54 Å². The predicted molar refractivity (Wildman–Crippen MR) is 151 cm³/mol. The van der Waals surface area contributed by atoms with Gasteiger partial charge in [0.1, 0.15) is 0 Å². The number of aliphatic imine (C=N–C) groups is 1. The lowest BCUT2D eigenvalue weighted by molar-refractivity contribution is 0.537. The van der Waals surface area contributed by atoms with Crippen LogP contribution >= 0.6 is 0 Å². The van der Waals surface area contributed by atoms with Gasteiger partial charge >= 0.3 is 0 Å². The zero-order chi connectivity index (χ0) is 24.1. The lowest BCUT2D eigenvalue weighted by Gasteiger charge is -2.11. The molecule has 34 heavy (non-hydrogen) atoms. The number of fused-ring (bicyclic) bond motifs is 2. The summed E-state index contributed by atoms with van der Waals surface area (Å²) >= 11 is 0. The summed E-state index contributed by atoms with van der Waals surface area (Å²) < 4.78 is 0. The molecule has 0 saturated carbocycles. The maximum absolute atomic E-state index is 5.00. The van der Waals surface area contributed by atoms with Crippen LogP contribution in [0.25, 0.3) is 5.57 Å². The number of hydrogen-bond acceptors (Lipinski definition) is 3. The average molecular weight is 468 g/mol. The minimum Gasteiger partial charge on any atom is -0.317 e. The van der Waals surface area contributed by atoms with Crippen molar-refractivity contribution >= 4 is 11.3 Å². The molecular formula is C31H53N3. The van der Waals surface area contributed by atoms with Crippen molar-refractivity contribution in [3.8, 4) is 0 Å². The number of pyridine rings is 1. The monoisotopic (exact) mass is 467 g/mol. The molecular weight excluding hydrogens is 414 g/mol. The number of allylic oxidation sites excluding steroid dienone is 2. The van der Waals surface area contributed by atoms with Crippen molar-refractivity contribution < 1.29 is 0 Å². The smallest absolute Gasteiger partial charge is 0.0847 e. The van der Waals surface area contributed by atoms with Crippen molar-refractivity contribution in [2.45, 2.75) is 129 Å². The van der Waals surface area contributed by atoms with E-state index < -0.39 is 0 Å². The largest absolute Gasteiger partial charge is 0.317 e.